The van der Waals surface area contributed by atoms with Crippen molar-refractivity contribution in [1.29, 1.82) is 0 Å². The number of aryl methyl sites for hydroxylation is 2. The molecular weight excluding hydrogens is 498 g/mol. The molecule has 2 nitrogen and oxygen atoms in total. The van der Waals surface area contributed by atoms with E-state index in [-0.39, 0.29) is 16.6 Å². The molecule has 1 aliphatic carbocycles. The van der Waals surface area contributed by atoms with Crippen molar-refractivity contribution < 1.29 is 4.79 Å². The number of unbranched alkanes of at least 4 members (excludes halogenated alkanes) is 5. The van der Waals surface area contributed by atoms with Gasteiger partial charge in [-0.25, -0.2) is 0 Å². The van der Waals surface area contributed by atoms with Crippen LogP contribution in [0.15, 0.2) is 70.6 Å². The fourth-order valence-electron chi connectivity index (χ4n) is 6.11. The van der Waals surface area contributed by atoms with Crippen molar-refractivity contribution in [3.8, 4) is 0 Å². The van der Waals surface area contributed by atoms with Gasteiger partial charge in [-0.2, -0.15) is 0 Å². The standard InChI is InChI=1S/C39H55NO/c1-12-13-14-15-16-17-20-40-25-29(4)36(30(5)26-40)35-27(2)21-31(22-28(35)3)18-19-32-23-33(38(6,7)8)37(41)34(24-32)39(9,10)11/h18-19,21-26H,12-17,20H2,1-11H3. The van der Waals surface area contributed by atoms with E-state index >= 15 is 0 Å². The van der Waals surface area contributed by atoms with Gasteiger partial charge in [-0.05, 0) is 101 Å². The van der Waals surface area contributed by atoms with Crippen LogP contribution in [0.3, 0.4) is 0 Å². The molecule has 0 radical (unpaired) electrons. The average molecular weight is 554 g/mol. The van der Waals surface area contributed by atoms with Crippen LogP contribution in [0.4, 0.5) is 0 Å². The van der Waals surface area contributed by atoms with E-state index in [1.165, 1.54) is 76.8 Å². The zero-order valence-corrected chi connectivity index (χ0v) is 27.9. The maximum absolute atomic E-state index is 13.3. The molecular formula is C39H55NO. The zero-order chi connectivity index (χ0) is 30.5. The summed E-state index contributed by atoms with van der Waals surface area (Å²) in [7, 11) is 0. The highest BCUT2D eigenvalue weighted by Gasteiger charge is 2.33. The normalized spacial score (nSPS) is 16.4. The molecule has 0 saturated heterocycles. The highest BCUT2D eigenvalue weighted by atomic mass is 16.1. The van der Waals surface area contributed by atoms with Gasteiger partial charge in [0, 0.05) is 30.1 Å². The molecule has 0 saturated carbocycles. The van der Waals surface area contributed by atoms with Crippen molar-refractivity contribution >= 4 is 17.4 Å². The van der Waals surface area contributed by atoms with Crippen molar-refractivity contribution in [2.75, 3.05) is 6.54 Å². The van der Waals surface area contributed by atoms with Gasteiger partial charge in [0.2, 0.25) is 0 Å². The Hall–Kier alpha value is -2.87. The number of carbonyl (C=O) groups excluding carboxylic acids is 1. The first-order chi connectivity index (χ1) is 19.1. The van der Waals surface area contributed by atoms with Gasteiger partial charge in [0.05, 0.1) is 0 Å². The van der Waals surface area contributed by atoms with Crippen molar-refractivity contribution in [3.63, 3.8) is 0 Å². The van der Waals surface area contributed by atoms with E-state index < -0.39 is 0 Å². The Labute approximate surface area is 251 Å². The number of hydrogen-bond acceptors (Lipinski definition) is 2. The van der Waals surface area contributed by atoms with E-state index in [1.54, 1.807) is 0 Å². The Morgan fingerprint density at radius 2 is 1.20 bits per heavy atom. The number of benzene rings is 1. The summed E-state index contributed by atoms with van der Waals surface area (Å²) in [5.41, 5.74) is 9.10. The van der Waals surface area contributed by atoms with Gasteiger partial charge >= 0.3 is 0 Å². The number of ketones is 1. The fraction of sp³-hybridized carbons (Fsp3) is 0.513. The first-order valence-corrected chi connectivity index (χ1v) is 15.8. The number of rotatable bonds is 8. The molecule has 2 aliphatic rings. The lowest BCUT2D eigenvalue weighted by Crippen LogP contribution is -2.27. The van der Waals surface area contributed by atoms with Crippen molar-refractivity contribution in [2.24, 2.45) is 10.8 Å². The third kappa shape index (κ3) is 8.34. The van der Waals surface area contributed by atoms with E-state index in [0.29, 0.717) is 0 Å². The van der Waals surface area contributed by atoms with Crippen molar-refractivity contribution in [2.45, 2.75) is 115 Å². The van der Waals surface area contributed by atoms with Crippen LogP contribution in [0, 0.1) is 24.7 Å². The van der Waals surface area contributed by atoms with Crippen LogP contribution in [0.25, 0.3) is 11.6 Å². The molecule has 3 rings (SSSR count). The third-order valence-corrected chi connectivity index (χ3v) is 8.28. The molecule has 41 heavy (non-hydrogen) atoms. The molecule has 1 aliphatic heterocycles. The van der Waals surface area contributed by atoms with E-state index in [1.807, 2.05) is 0 Å². The molecule has 0 N–H and O–H groups in total. The van der Waals surface area contributed by atoms with E-state index in [4.69, 9.17) is 0 Å². The Morgan fingerprint density at radius 3 is 1.68 bits per heavy atom. The third-order valence-electron chi connectivity index (χ3n) is 8.28. The van der Waals surface area contributed by atoms with Crippen molar-refractivity contribution in [3.05, 3.63) is 92.2 Å². The maximum Gasteiger partial charge on any atom is 0.186 e. The molecule has 0 amide bonds. The van der Waals surface area contributed by atoms with Gasteiger partial charge in [-0.3, -0.25) is 4.79 Å². The highest BCUT2D eigenvalue weighted by molar-refractivity contribution is 6.11. The van der Waals surface area contributed by atoms with Gasteiger partial charge in [0.15, 0.2) is 5.78 Å². The highest BCUT2D eigenvalue weighted by Crippen LogP contribution is 2.38. The molecule has 0 unspecified atom stereocenters. The summed E-state index contributed by atoms with van der Waals surface area (Å²) in [5.74, 6) is 0.181. The molecule has 2 heteroatoms. The summed E-state index contributed by atoms with van der Waals surface area (Å²) in [5, 5.41) is 2.54. The Balaban J connectivity index is 1.95. The quantitative estimate of drug-likeness (QED) is 0.299. The van der Waals surface area contributed by atoms with Gasteiger partial charge in [0.1, 0.15) is 0 Å². The number of carbonyl (C=O) groups is 1. The predicted molar refractivity (Wildman–Crippen MR) is 179 cm³/mol. The van der Waals surface area contributed by atoms with Crippen LogP contribution in [0.2, 0.25) is 0 Å². The first-order valence-electron chi connectivity index (χ1n) is 15.8. The predicted octanol–water partition coefficient (Wildman–Crippen LogP) is 9.17. The monoisotopic (exact) mass is 553 g/mol. The Morgan fingerprint density at radius 1 is 0.707 bits per heavy atom. The second-order valence-corrected chi connectivity index (χ2v) is 14.3. The average Bonchev–Trinajstić information content (AvgIpc) is 2.85. The Bertz CT molecular complexity index is 1340. The Kier molecular flexibility index (Phi) is 10.7. The molecule has 1 aromatic carbocycles. The number of hydrogen-bond donors (Lipinski definition) is 0. The van der Waals surface area contributed by atoms with Gasteiger partial charge in [-0.15, -0.1) is 0 Å². The second kappa shape index (κ2) is 13.4. The van der Waals surface area contributed by atoms with Crippen LogP contribution >= 0.6 is 0 Å². The topological polar surface area (TPSA) is 20.3 Å². The molecule has 0 spiro atoms. The van der Waals surface area contributed by atoms with E-state index in [9.17, 15) is 4.79 Å². The van der Waals surface area contributed by atoms with Crippen LogP contribution in [0.5, 0.6) is 0 Å². The van der Waals surface area contributed by atoms with Gasteiger partial charge in [-0.1, -0.05) is 105 Å². The minimum atomic E-state index is -0.200. The van der Waals surface area contributed by atoms with Crippen LogP contribution < -0.4 is 10.4 Å². The zero-order valence-electron chi connectivity index (χ0n) is 27.9. The summed E-state index contributed by atoms with van der Waals surface area (Å²) in [4.78, 5) is 15.7. The number of allylic oxidation sites excluding steroid dienone is 8. The van der Waals surface area contributed by atoms with Gasteiger partial charge < -0.3 is 4.90 Å². The minimum absolute atomic E-state index is 0.181. The lowest BCUT2D eigenvalue weighted by molar-refractivity contribution is -0.114. The fourth-order valence-corrected chi connectivity index (χ4v) is 6.11. The summed E-state index contributed by atoms with van der Waals surface area (Å²) < 4.78 is 0. The molecule has 0 atom stereocenters. The number of Topliss-reactive ketones (excluding diaryl/α,β-unsaturated/α-hetero) is 1. The lowest BCUT2D eigenvalue weighted by Gasteiger charge is -2.31. The number of nitrogens with zero attached hydrogens (tertiary/aromatic N) is 1. The smallest absolute Gasteiger partial charge is 0.186 e. The molecule has 0 aromatic heterocycles. The summed E-state index contributed by atoms with van der Waals surface area (Å²) in [6, 6.07) is 4.60. The SMILES string of the molecule is CCCCCCCCN1C=C(C)C(=c2c(C)cc(=CC=C3C=C(C(C)(C)C)C(=O)C(C(C)(C)C)=C3)cc2C)C(C)=C1. The summed E-state index contributed by atoms with van der Waals surface area (Å²) >= 11 is 0. The van der Waals surface area contributed by atoms with Crippen LogP contribution in [0.1, 0.15) is 112 Å². The molecule has 222 valence electrons. The van der Waals surface area contributed by atoms with Crippen LogP contribution in [-0.2, 0) is 4.79 Å². The largest absolute Gasteiger partial charge is 0.354 e. The van der Waals surface area contributed by atoms with E-state index in [0.717, 1.165) is 23.3 Å². The lowest BCUT2D eigenvalue weighted by atomic mass is 9.72. The minimum Gasteiger partial charge on any atom is -0.354 e. The van der Waals surface area contributed by atoms with Gasteiger partial charge in [0.25, 0.3) is 0 Å². The first kappa shape index (κ1) is 32.6. The molecule has 0 bridgehead atoms. The van der Waals surface area contributed by atoms with E-state index in [2.05, 4.69) is 130 Å². The van der Waals surface area contributed by atoms with Crippen LogP contribution in [-0.4, -0.2) is 17.2 Å². The summed E-state index contributed by atoms with van der Waals surface area (Å²) in [6.45, 7) is 25.1. The summed E-state index contributed by atoms with van der Waals surface area (Å²) in [6.07, 6.45) is 21.1. The second-order valence-electron chi connectivity index (χ2n) is 14.3. The van der Waals surface area contributed by atoms with Crippen molar-refractivity contribution in [1.82, 2.24) is 4.90 Å². The molecule has 0 fully saturated rings. The molecule has 1 aromatic rings. The maximum atomic E-state index is 13.3. The molecule has 1 heterocycles.